The van der Waals surface area contributed by atoms with Gasteiger partial charge in [0, 0.05) is 25.3 Å². The monoisotopic (exact) mass is 264 g/mol. The highest BCUT2D eigenvalue weighted by atomic mass is 19.4. The van der Waals surface area contributed by atoms with E-state index in [1.165, 1.54) is 6.07 Å². The Bertz CT molecular complexity index is 386. The fourth-order valence-corrected chi connectivity index (χ4v) is 1.39. The average molecular weight is 264 g/mol. The molecule has 0 aliphatic carbocycles. The normalized spacial score (nSPS) is 13.4. The number of hydrogen-bond donors (Lipinski definition) is 2. The SMILES string of the molecule is CCN(CC(N)CO)c1ccnc(C(F)(F)F)n1. The molecule has 0 spiro atoms. The van der Waals surface area contributed by atoms with E-state index in [4.69, 9.17) is 10.8 Å². The number of anilines is 1. The van der Waals surface area contributed by atoms with Crippen molar-refractivity contribution in [3.05, 3.63) is 18.1 Å². The Hall–Kier alpha value is -1.41. The molecule has 0 saturated carbocycles. The lowest BCUT2D eigenvalue weighted by Crippen LogP contribution is -2.40. The van der Waals surface area contributed by atoms with Gasteiger partial charge in [-0.25, -0.2) is 9.97 Å². The van der Waals surface area contributed by atoms with Crippen molar-refractivity contribution in [2.75, 3.05) is 24.6 Å². The zero-order chi connectivity index (χ0) is 13.8. The Morgan fingerprint density at radius 2 is 2.17 bits per heavy atom. The molecule has 0 aliphatic heterocycles. The Labute approximate surface area is 102 Å². The van der Waals surface area contributed by atoms with Crippen molar-refractivity contribution in [3.63, 3.8) is 0 Å². The third kappa shape index (κ3) is 3.81. The summed E-state index contributed by atoms with van der Waals surface area (Å²) in [6.45, 7) is 2.18. The minimum atomic E-state index is -4.57. The van der Waals surface area contributed by atoms with Crippen molar-refractivity contribution in [2.45, 2.75) is 19.1 Å². The smallest absolute Gasteiger partial charge is 0.395 e. The summed E-state index contributed by atoms with van der Waals surface area (Å²) in [4.78, 5) is 8.19. The lowest BCUT2D eigenvalue weighted by Gasteiger charge is -2.24. The van der Waals surface area contributed by atoms with Gasteiger partial charge >= 0.3 is 6.18 Å². The quantitative estimate of drug-likeness (QED) is 0.816. The Balaban J connectivity index is 2.93. The van der Waals surface area contributed by atoms with E-state index in [1.54, 1.807) is 11.8 Å². The van der Waals surface area contributed by atoms with Crippen LogP contribution in [0, 0.1) is 0 Å². The average Bonchev–Trinajstić information content (AvgIpc) is 2.34. The first kappa shape index (κ1) is 14.7. The highest BCUT2D eigenvalue weighted by Crippen LogP contribution is 2.27. The van der Waals surface area contributed by atoms with Gasteiger partial charge in [-0.15, -0.1) is 0 Å². The number of aliphatic hydroxyl groups is 1. The van der Waals surface area contributed by atoms with Gasteiger partial charge in [-0.05, 0) is 13.0 Å². The van der Waals surface area contributed by atoms with Crippen LogP contribution >= 0.6 is 0 Å². The van der Waals surface area contributed by atoms with Crippen molar-refractivity contribution < 1.29 is 18.3 Å². The second kappa shape index (κ2) is 5.96. The van der Waals surface area contributed by atoms with Crippen LogP contribution in [0.5, 0.6) is 0 Å². The molecule has 18 heavy (non-hydrogen) atoms. The number of halogens is 3. The molecule has 0 bridgehead atoms. The van der Waals surface area contributed by atoms with Gasteiger partial charge in [-0.3, -0.25) is 0 Å². The van der Waals surface area contributed by atoms with Crippen molar-refractivity contribution in [3.8, 4) is 0 Å². The summed E-state index contributed by atoms with van der Waals surface area (Å²) in [5.41, 5.74) is 5.55. The van der Waals surface area contributed by atoms with Gasteiger partial charge in [-0.1, -0.05) is 0 Å². The van der Waals surface area contributed by atoms with E-state index < -0.39 is 18.0 Å². The maximum atomic E-state index is 12.5. The van der Waals surface area contributed by atoms with E-state index >= 15 is 0 Å². The fraction of sp³-hybridized carbons (Fsp3) is 0.600. The molecule has 1 aromatic heterocycles. The molecule has 3 N–H and O–H groups in total. The molecule has 8 heteroatoms. The Kier molecular flexibility index (Phi) is 4.85. The van der Waals surface area contributed by atoms with E-state index in [2.05, 4.69) is 9.97 Å². The minimum absolute atomic E-state index is 0.142. The molecule has 1 atom stereocenters. The Morgan fingerprint density at radius 3 is 2.67 bits per heavy atom. The molecule has 102 valence electrons. The molecule has 0 aromatic carbocycles. The van der Waals surface area contributed by atoms with Gasteiger partial charge in [-0.2, -0.15) is 13.2 Å². The lowest BCUT2D eigenvalue weighted by molar-refractivity contribution is -0.144. The zero-order valence-electron chi connectivity index (χ0n) is 9.85. The third-order valence-electron chi connectivity index (χ3n) is 2.29. The highest BCUT2D eigenvalue weighted by molar-refractivity contribution is 5.37. The van der Waals surface area contributed by atoms with Crippen molar-refractivity contribution in [1.29, 1.82) is 0 Å². The maximum absolute atomic E-state index is 12.5. The van der Waals surface area contributed by atoms with Crippen LogP contribution in [0.4, 0.5) is 19.0 Å². The van der Waals surface area contributed by atoms with Crippen LogP contribution in [0.25, 0.3) is 0 Å². The summed E-state index contributed by atoms with van der Waals surface area (Å²) in [7, 11) is 0. The number of aromatic nitrogens is 2. The number of nitrogens with zero attached hydrogens (tertiary/aromatic N) is 3. The highest BCUT2D eigenvalue weighted by Gasteiger charge is 2.35. The summed E-state index contributed by atoms with van der Waals surface area (Å²) in [6, 6.07) is 0.845. The molecule has 0 saturated heterocycles. The molecule has 0 fully saturated rings. The van der Waals surface area contributed by atoms with Crippen LogP contribution in [-0.4, -0.2) is 40.8 Å². The van der Waals surface area contributed by atoms with Crippen LogP contribution in [-0.2, 0) is 6.18 Å². The second-order valence-corrected chi connectivity index (χ2v) is 3.72. The molecule has 0 aliphatic rings. The van der Waals surface area contributed by atoms with Gasteiger partial charge in [0.2, 0.25) is 5.82 Å². The summed E-state index contributed by atoms with van der Waals surface area (Å²) >= 11 is 0. The first-order chi connectivity index (χ1) is 8.38. The van der Waals surface area contributed by atoms with Crippen LogP contribution in [0.1, 0.15) is 12.7 Å². The van der Waals surface area contributed by atoms with Gasteiger partial charge < -0.3 is 15.7 Å². The van der Waals surface area contributed by atoms with Crippen molar-refractivity contribution in [2.24, 2.45) is 5.73 Å². The predicted molar refractivity (Wildman–Crippen MR) is 60.0 cm³/mol. The van der Waals surface area contributed by atoms with Gasteiger partial charge in [0.25, 0.3) is 0 Å². The minimum Gasteiger partial charge on any atom is -0.395 e. The molecule has 1 unspecified atom stereocenters. The van der Waals surface area contributed by atoms with E-state index in [0.717, 1.165) is 6.20 Å². The number of nitrogens with two attached hydrogens (primary N) is 1. The van der Waals surface area contributed by atoms with Crippen LogP contribution < -0.4 is 10.6 Å². The van der Waals surface area contributed by atoms with E-state index in [-0.39, 0.29) is 19.0 Å². The fourth-order valence-electron chi connectivity index (χ4n) is 1.39. The molecule has 0 radical (unpaired) electrons. The summed E-state index contributed by atoms with van der Waals surface area (Å²) in [5.74, 6) is -1.04. The first-order valence-electron chi connectivity index (χ1n) is 5.40. The van der Waals surface area contributed by atoms with E-state index in [0.29, 0.717) is 6.54 Å². The summed E-state index contributed by atoms with van der Waals surface area (Å²) in [6.07, 6.45) is -3.52. The van der Waals surface area contributed by atoms with Crippen molar-refractivity contribution in [1.82, 2.24) is 9.97 Å². The third-order valence-corrected chi connectivity index (χ3v) is 2.29. The number of likely N-dealkylation sites (N-methyl/N-ethyl adjacent to an activating group) is 1. The van der Waals surface area contributed by atoms with Gasteiger partial charge in [0.05, 0.1) is 6.61 Å². The molecular weight excluding hydrogens is 249 g/mol. The van der Waals surface area contributed by atoms with Crippen LogP contribution in [0.15, 0.2) is 12.3 Å². The van der Waals surface area contributed by atoms with Gasteiger partial charge in [0.15, 0.2) is 0 Å². The number of aliphatic hydroxyl groups excluding tert-OH is 1. The van der Waals surface area contributed by atoms with Gasteiger partial charge in [0.1, 0.15) is 5.82 Å². The second-order valence-electron chi connectivity index (χ2n) is 3.72. The maximum Gasteiger partial charge on any atom is 0.451 e. The Morgan fingerprint density at radius 1 is 1.50 bits per heavy atom. The number of alkyl halides is 3. The van der Waals surface area contributed by atoms with Crippen LogP contribution in [0.3, 0.4) is 0 Å². The predicted octanol–water partition coefficient (Wildman–Crippen LogP) is 0.641. The summed E-state index contributed by atoms with van der Waals surface area (Å²) in [5, 5.41) is 8.85. The van der Waals surface area contributed by atoms with Crippen LogP contribution in [0.2, 0.25) is 0 Å². The van der Waals surface area contributed by atoms with E-state index in [9.17, 15) is 13.2 Å². The molecule has 1 rings (SSSR count). The molecule has 5 nitrogen and oxygen atoms in total. The number of hydrogen-bond acceptors (Lipinski definition) is 5. The largest absolute Gasteiger partial charge is 0.451 e. The van der Waals surface area contributed by atoms with Crippen molar-refractivity contribution >= 4 is 5.82 Å². The topological polar surface area (TPSA) is 75.3 Å². The zero-order valence-corrected chi connectivity index (χ0v) is 9.85. The molecular formula is C10H15F3N4O. The lowest BCUT2D eigenvalue weighted by atomic mass is 10.3. The summed E-state index contributed by atoms with van der Waals surface area (Å²) < 4.78 is 37.4. The first-order valence-corrected chi connectivity index (χ1v) is 5.40. The van der Waals surface area contributed by atoms with E-state index in [1.807, 2.05) is 0 Å². The molecule has 1 heterocycles. The number of rotatable bonds is 5. The standard InChI is InChI=1S/C10H15F3N4O/c1-2-17(5-7(14)6-18)8-3-4-15-9(16-8)10(11,12)13/h3-4,7,18H,2,5-6,14H2,1H3. The molecule has 1 aromatic rings. The molecule has 0 amide bonds.